The summed E-state index contributed by atoms with van der Waals surface area (Å²) in [7, 11) is 0. The molecule has 7 heteroatoms. The van der Waals surface area contributed by atoms with Gasteiger partial charge in [-0.2, -0.15) is 0 Å². The number of rotatable bonds is 5. The van der Waals surface area contributed by atoms with Gasteiger partial charge in [0.2, 0.25) is 5.91 Å². The van der Waals surface area contributed by atoms with Gasteiger partial charge >= 0.3 is 0 Å². The maximum Gasteiger partial charge on any atom is 0.224 e. The minimum Gasteiger partial charge on any atom is -0.325 e. The summed E-state index contributed by atoms with van der Waals surface area (Å²) in [5.74, 6) is -0.670. The average molecular weight is 378 g/mol. The molecular formula is C21H16F2N4O. The molecule has 0 spiro atoms. The largest absolute Gasteiger partial charge is 0.325 e. The molecule has 0 bridgehead atoms. The van der Waals surface area contributed by atoms with Crippen molar-refractivity contribution in [3.05, 3.63) is 84.3 Å². The van der Waals surface area contributed by atoms with Crippen LogP contribution in [0.1, 0.15) is 12.0 Å². The summed E-state index contributed by atoms with van der Waals surface area (Å²) in [4.78, 5) is 20.8. The molecule has 1 amide bonds. The topological polar surface area (TPSA) is 59.8 Å². The van der Waals surface area contributed by atoms with Crippen LogP contribution in [0.5, 0.6) is 0 Å². The van der Waals surface area contributed by atoms with E-state index < -0.39 is 11.6 Å². The van der Waals surface area contributed by atoms with E-state index in [2.05, 4.69) is 15.3 Å². The third kappa shape index (κ3) is 3.73. The molecule has 2 heterocycles. The Hall–Kier alpha value is -3.61. The number of nitrogens with one attached hydrogen (secondary N) is 1. The third-order valence-electron chi connectivity index (χ3n) is 4.36. The SMILES string of the molecule is O=C(CCc1cc(F)ccc1F)Nc1ccc(-n2cnc3ccccc32)nc1. The Morgan fingerprint density at radius 3 is 2.71 bits per heavy atom. The number of amides is 1. The molecule has 2 aromatic heterocycles. The number of fused-ring (bicyclic) bond motifs is 1. The Kier molecular flexibility index (Phi) is 4.80. The highest BCUT2D eigenvalue weighted by atomic mass is 19.1. The zero-order valence-electron chi connectivity index (χ0n) is 14.8. The summed E-state index contributed by atoms with van der Waals surface area (Å²) in [6, 6.07) is 14.4. The summed E-state index contributed by atoms with van der Waals surface area (Å²) in [5, 5.41) is 2.71. The first-order valence-corrected chi connectivity index (χ1v) is 8.72. The third-order valence-corrected chi connectivity index (χ3v) is 4.36. The van der Waals surface area contributed by atoms with Crippen LogP contribution >= 0.6 is 0 Å². The molecule has 2 aromatic carbocycles. The Morgan fingerprint density at radius 2 is 1.89 bits per heavy atom. The van der Waals surface area contributed by atoms with Gasteiger partial charge in [0.1, 0.15) is 23.8 Å². The number of hydrogen-bond acceptors (Lipinski definition) is 3. The van der Waals surface area contributed by atoms with E-state index in [9.17, 15) is 13.6 Å². The van der Waals surface area contributed by atoms with E-state index in [1.54, 1.807) is 24.7 Å². The molecule has 0 fully saturated rings. The average Bonchev–Trinajstić information content (AvgIpc) is 3.13. The smallest absolute Gasteiger partial charge is 0.224 e. The molecule has 0 aliphatic heterocycles. The number of benzene rings is 2. The number of anilines is 1. The second kappa shape index (κ2) is 7.56. The van der Waals surface area contributed by atoms with Crippen molar-refractivity contribution < 1.29 is 13.6 Å². The van der Waals surface area contributed by atoms with Crippen molar-refractivity contribution in [1.82, 2.24) is 14.5 Å². The molecule has 0 radical (unpaired) electrons. The van der Waals surface area contributed by atoms with Crippen LogP contribution in [-0.4, -0.2) is 20.4 Å². The van der Waals surface area contributed by atoms with Crippen LogP contribution < -0.4 is 5.32 Å². The first kappa shape index (κ1) is 17.8. The van der Waals surface area contributed by atoms with Gasteiger partial charge in [0.15, 0.2) is 0 Å². The van der Waals surface area contributed by atoms with Gasteiger partial charge in [-0.3, -0.25) is 9.36 Å². The van der Waals surface area contributed by atoms with Crippen LogP contribution in [0.2, 0.25) is 0 Å². The molecular weight excluding hydrogens is 362 g/mol. The quantitative estimate of drug-likeness (QED) is 0.564. The first-order chi connectivity index (χ1) is 13.6. The number of imidazole rings is 1. The molecule has 4 aromatic rings. The van der Waals surface area contributed by atoms with Crippen molar-refractivity contribution in [3.8, 4) is 5.82 Å². The molecule has 0 atom stereocenters. The van der Waals surface area contributed by atoms with Gasteiger partial charge in [0, 0.05) is 6.42 Å². The zero-order chi connectivity index (χ0) is 19.5. The molecule has 0 aliphatic carbocycles. The minimum absolute atomic E-state index is 0.0360. The summed E-state index contributed by atoms with van der Waals surface area (Å²) in [5.41, 5.74) is 2.50. The molecule has 0 aliphatic rings. The highest BCUT2D eigenvalue weighted by Crippen LogP contribution is 2.18. The van der Waals surface area contributed by atoms with Crippen molar-refractivity contribution in [2.24, 2.45) is 0 Å². The van der Waals surface area contributed by atoms with Crippen LogP contribution in [0.15, 0.2) is 67.1 Å². The summed E-state index contributed by atoms with van der Waals surface area (Å²) in [6.07, 6.45) is 3.39. The Labute approximate surface area is 159 Å². The van der Waals surface area contributed by atoms with Gasteiger partial charge in [-0.15, -0.1) is 0 Å². The van der Waals surface area contributed by atoms with Gasteiger partial charge in [0.25, 0.3) is 0 Å². The van der Waals surface area contributed by atoms with Gasteiger partial charge in [-0.25, -0.2) is 18.7 Å². The first-order valence-electron chi connectivity index (χ1n) is 8.72. The van der Waals surface area contributed by atoms with Gasteiger partial charge in [0.05, 0.1) is 22.9 Å². The highest BCUT2D eigenvalue weighted by molar-refractivity contribution is 5.90. The minimum atomic E-state index is -0.524. The summed E-state index contributed by atoms with van der Waals surface area (Å²) in [6.45, 7) is 0. The number of para-hydroxylation sites is 2. The van der Waals surface area contributed by atoms with E-state index in [1.165, 1.54) is 0 Å². The summed E-state index contributed by atoms with van der Waals surface area (Å²) >= 11 is 0. The molecule has 28 heavy (non-hydrogen) atoms. The fourth-order valence-corrected chi connectivity index (χ4v) is 2.95. The van der Waals surface area contributed by atoms with Crippen molar-refractivity contribution in [2.45, 2.75) is 12.8 Å². The van der Waals surface area contributed by atoms with Crippen molar-refractivity contribution in [3.63, 3.8) is 0 Å². The van der Waals surface area contributed by atoms with E-state index in [0.29, 0.717) is 11.5 Å². The second-order valence-corrected chi connectivity index (χ2v) is 6.29. The lowest BCUT2D eigenvalue weighted by atomic mass is 10.1. The summed E-state index contributed by atoms with van der Waals surface area (Å²) < 4.78 is 28.7. The van der Waals surface area contributed by atoms with E-state index in [1.807, 2.05) is 28.8 Å². The van der Waals surface area contributed by atoms with Crippen LogP contribution in [0, 0.1) is 11.6 Å². The fourth-order valence-electron chi connectivity index (χ4n) is 2.95. The Morgan fingerprint density at radius 1 is 1.04 bits per heavy atom. The van der Waals surface area contributed by atoms with Crippen LogP contribution in [-0.2, 0) is 11.2 Å². The molecule has 0 saturated carbocycles. The Bertz CT molecular complexity index is 1140. The molecule has 5 nitrogen and oxygen atoms in total. The van der Waals surface area contributed by atoms with Crippen LogP contribution in [0.3, 0.4) is 0 Å². The number of carbonyl (C=O) groups is 1. The van der Waals surface area contributed by atoms with Crippen molar-refractivity contribution in [1.29, 1.82) is 0 Å². The van der Waals surface area contributed by atoms with E-state index in [4.69, 9.17) is 0 Å². The van der Waals surface area contributed by atoms with Crippen molar-refractivity contribution in [2.75, 3.05) is 5.32 Å². The number of aryl methyl sites for hydroxylation is 1. The molecule has 0 saturated heterocycles. The predicted molar refractivity (Wildman–Crippen MR) is 102 cm³/mol. The highest BCUT2D eigenvalue weighted by Gasteiger charge is 2.09. The maximum absolute atomic E-state index is 13.6. The lowest BCUT2D eigenvalue weighted by Gasteiger charge is -2.08. The van der Waals surface area contributed by atoms with Crippen molar-refractivity contribution >= 4 is 22.6 Å². The van der Waals surface area contributed by atoms with Gasteiger partial charge in [-0.05, 0) is 54.4 Å². The Balaban J connectivity index is 1.41. The van der Waals surface area contributed by atoms with Crippen LogP contribution in [0.4, 0.5) is 14.5 Å². The zero-order valence-corrected chi connectivity index (χ0v) is 14.8. The lowest BCUT2D eigenvalue weighted by Crippen LogP contribution is -2.13. The fraction of sp³-hybridized carbons (Fsp3) is 0.0952. The van der Waals surface area contributed by atoms with Gasteiger partial charge < -0.3 is 5.32 Å². The van der Waals surface area contributed by atoms with E-state index >= 15 is 0 Å². The number of nitrogens with zero attached hydrogens (tertiary/aromatic N) is 3. The van der Waals surface area contributed by atoms with Gasteiger partial charge in [-0.1, -0.05) is 12.1 Å². The molecule has 0 unspecified atom stereocenters. The maximum atomic E-state index is 13.6. The monoisotopic (exact) mass is 378 g/mol. The second-order valence-electron chi connectivity index (χ2n) is 6.29. The molecule has 140 valence electrons. The number of halogens is 2. The molecule has 1 N–H and O–H groups in total. The van der Waals surface area contributed by atoms with Crippen LogP contribution in [0.25, 0.3) is 16.9 Å². The number of hydrogen-bond donors (Lipinski definition) is 1. The number of pyridine rings is 1. The number of aromatic nitrogens is 3. The van der Waals surface area contributed by atoms with E-state index in [0.717, 1.165) is 29.2 Å². The van der Waals surface area contributed by atoms with E-state index in [-0.39, 0.29) is 24.3 Å². The standard InChI is InChI=1S/C21H16F2N4O/c22-15-6-8-17(23)14(11-15)5-10-21(28)26-16-7-9-20(24-12-16)27-13-25-18-3-1-2-4-19(18)27/h1-4,6-9,11-13H,5,10H2,(H,26,28). The lowest BCUT2D eigenvalue weighted by molar-refractivity contribution is -0.116. The predicted octanol–water partition coefficient (Wildman–Crippen LogP) is 4.27. The molecule has 4 rings (SSSR count). The normalized spacial score (nSPS) is 10.9. The number of carbonyl (C=O) groups excluding carboxylic acids is 1.